The van der Waals surface area contributed by atoms with E-state index in [0.29, 0.717) is 5.92 Å². The molecule has 0 amide bonds. The zero-order valence-corrected chi connectivity index (χ0v) is 11.7. The summed E-state index contributed by atoms with van der Waals surface area (Å²) >= 11 is 0. The molecule has 1 heterocycles. The third-order valence-electron chi connectivity index (χ3n) is 3.54. The van der Waals surface area contributed by atoms with Gasteiger partial charge in [-0.1, -0.05) is 31.5 Å². The second-order valence-electron chi connectivity index (χ2n) is 5.12. The van der Waals surface area contributed by atoms with Crippen molar-refractivity contribution in [3.05, 3.63) is 53.2 Å². The molecule has 1 heteroatoms. The molecule has 0 saturated heterocycles. The maximum absolute atomic E-state index is 4.53. The first kappa shape index (κ1) is 12.8. The van der Waals surface area contributed by atoms with Gasteiger partial charge in [-0.3, -0.25) is 4.98 Å². The predicted octanol–water partition coefficient (Wildman–Crippen LogP) is 4.88. The average Bonchev–Trinajstić information content (AvgIpc) is 2.38. The van der Waals surface area contributed by atoms with Crippen LogP contribution in [0.15, 0.2) is 36.5 Å². The minimum Gasteiger partial charge on any atom is -0.256 e. The molecule has 2 rings (SSSR count). The van der Waals surface area contributed by atoms with E-state index in [0.717, 1.165) is 12.1 Å². The molecule has 0 aliphatic rings. The molecular weight excluding hydrogens is 218 g/mol. The lowest BCUT2D eigenvalue weighted by molar-refractivity contribution is 0.734. The summed E-state index contributed by atoms with van der Waals surface area (Å²) < 4.78 is 0. The standard InChI is InChI=1S/C17H21N/c1-5-14(4)15-7-6-12(2)10-16(15)17-11-13(3)8-9-18-17/h6-11,14H,5H2,1-4H3. The van der Waals surface area contributed by atoms with Crippen LogP contribution in [-0.2, 0) is 0 Å². The van der Waals surface area contributed by atoms with E-state index >= 15 is 0 Å². The Morgan fingerprint density at radius 1 is 1.06 bits per heavy atom. The van der Waals surface area contributed by atoms with Gasteiger partial charge in [0, 0.05) is 11.8 Å². The normalized spacial score (nSPS) is 12.4. The van der Waals surface area contributed by atoms with Gasteiger partial charge in [0.15, 0.2) is 0 Å². The van der Waals surface area contributed by atoms with Gasteiger partial charge in [0.2, 0.25) is 0 Å². The van der Waals surface area contributed by atoms with Crippen LogP contribution in [0.3, 0.4) is 0 Å². The lowest BCUT2D eigenvalue weighted by atomic mass is 9.90. The van der Waals surface area contributed by atoms with Gasteiger partial charge < -0.3 is 0 Å². The maximum atomic E-state index is 4.53. The van der Waals surface area contributed by atoms with E-state index in [-0.39, 0.29) is 0 Å². The first-order chi connectivity index (χ1) is 8.61. The van der Waals surface area contributed by atoms with Gasteiger partial charge in [-0.05, 0) is 55.5 Å². The summed E-state index contributed by atoms with van der Waals surface area (Å²) in [6.45, 7) is 8.77. The molecule has 0 spiro atoms. The Hall–Kier alpha value is -1.63. The highest BCUT2D eigenvalue weighted by Crippen LogP contribution is 2.30. The van der Waals surface area contributed by atoms with Gasteiger partial charge in [0.25, 0.3) is 0 Å². The van der Waals surface area contributed by atoms with E-state index in [1.165, 1.54) is 22.3 Å². The van der Waals surface area contributed by atoms with Crippen LogP contribution < -0.4 is 0 Å². The molecule has 0 fully saturated rings. The smallest absolute Gasteiger partial charge is 0.0707 e. The van der Waals surface area contributed by atoms with Crippen molar-refractivity contribution in [2.75, 3.05) is 0 Å². The fourth-order valence-corrected chi connectivity index (χ4v) is 2.23. The molecule has 1 aromatic heterocycles. The fraction of sp³-hybridized carbons (Fsp3) is 0.353. The minimum atomic E-state index is 0.572. The lowest BCUT2D eigenvalue weighted by Crippen LogP contribution is -1.97. The second-order valence-corrected chi connectivity index (χ2v) is 5.12. The number of benzene rings is 1. The summed E-state index contributed by atoms with van der Waals surface area (Å²) in [7, 11) is 0. The molecule has 0 N–H and O–H groups in total. The summed E-state index contributed by atoms with van der Waals surface area (Å²) in [5, 5.41) is 0. The summed E-state index contributed by atoms with van der Waals surface area (Å²) in [4.78, 5) is 4.53. The SMILES string of the molecule is CCC(C)c1ccc(C)cc1-c1cc(C)ccn1. The van der Waals surface area contributed by atoms with Crippen LogP contribution in [0.25, 0.3) is 11.3 Å². The monoisotopic (exact) mass is 239 g/mol. The second kappa shape index (κ2) is 5.34. The Morgan fingerprint density at radius 3 is 2.44 bits per heavy atom. The quantitative estimate of drug-likeness (QED) is 0.744. The number of hydrogen-bond donors (Lipinski definition) is 0. The van der Waals surface area contributed by atoms with Crippen molar-refractivity contribution in [3.63, 3.8) is 0 Å². The summed E-state index contributed by atoms with van der Waals surface area (Å²) in [5.74, 6) is 0.572. The van der Waals surface area contributed by atoms with Crippen LogP contribution in [0.5, 0.6) is 0 Å². The van der Waals surface area contributed by atoms with E-state index in [4.69, 9.17) is 0 Å². The fourth-order valence-electron chi connectivity index (χ4n) is 2.23. The van der Waals surface area contributed by atoms with E-state index in [9.17, 15) is 0 Å². The molecule has 94 valence electrons. The van der Waals surface area contributed by atoms with Crippen molar-refractivity contribution in [1.29, 1.82) is 0 Å². The third-order valence-corrected chi connectivity index (χ3v) is 3.54. The highest BCUT2D eigenvalue weighted by molar-refractivity contribution is 5.66. The van der Waals surface area contributed by atoms with Crippen LogP contribution in [0.1, 0.15) is 42.9 Å². The van der Waals surface area contributed by atoms with Gasteiger partial charge in [0.1, 0.15) is 0 Å². The summed E-state index contributed by atoms with van der Waals surface area (Å²) in [6.07, 6.45) is 3.05. The molecule has 2 aromatic rings. The van der Waals surface area contributed by atoms with Gasteiger partial charge in [-0.15, -0.1) is 0 Å². The first-order valence-corrected chi connectivity index (χ1v) is 6.65. The van der Waals surface area contributed by atoms with Crippen LogP contribution in [0.2, 0.25) is 0 Å². The van der Waals surface area contributed by atoms with Gasteiger partial charge >= 0.3 is 0 Å². The van der Waals surface area contributed by atoms with Crippen LogP contribution in [0, 0.1) is 13.8 Å². The largest absolute Gasteiger partial charge is 0.256 e. The molecule has 0 aliphatic carbocycles. The lowest BCUT2D eigenvalue weighted by Gasteiger charge is -2.15. The molecule has 18 heavy (non-hydrogen) atoms. The van der Waals surface area contributed by atoms with Gasteiger partial charge in [-0.2, -0.15) is 0 Å². The van der Waals surface area contributed by atoms with Crippen LogP contribution in [-0.4, -0.2) is 4.98 Å². The first-order valence-electron chi connectivity index (χ1n) is 6.65. The number of aryl methyl sites for hydroxylation is 2. The molecule has 0 saturated carbocycles. The molecule has 1 atom stereocenters. The maximum Gasteiger partial charge on any atom is 0.0707 e. The Labute approximate surface area is 110 Å². The van der Waals surface area contributed by atoms with Crippen molar-refractivity contribution in [1.82, 2.24) is 4.98 Å². The van der Waals surface area contributed by atoms with Crippen molar-refractivity contribution in [2.24, 2.45) is 0 Å². The number of rotatable bonds is 3. The van der Waals surface area contributed by atoms with E-state index < -0.39 is 0 Å². The van der Waals surface area contributed by atoms with Crippen molar-refractivity contribution in [3.8, 4) is 11.3 Å². The highest BCUT2D eigenvalue weighted by atomic mass is 14.7. The molecule has 1 nitrogen and oxygen atoms in total. The third kappa shape index (κ3) is 2.61. The Bertz CT molecular complexity index is 543. The van der Waals surface area contributed by atoms with Crippen LogP contribution in [0.4, 0.5) is 0 Å². The molecule has 1 aromatic carbocycles. The zero-order chi connectivity index (χ0) is 13.1. The van der Waals surface area contributed by atoms with E-state index in [2.05, 4.69) is 56.9 Å². The number of aromatic nitrogens is 1. The van der Waals surface area contributed by atoms with E-state index in [1.807, 2.05) is 12.3 Å². The summed E-state index contributed by atoms with van der Waals surface area (Å²) in [5.41, 5.74) is 6.33. The molecule has 0 bridgehead atoms. The Morgan fingerprint density at radius 2 is 1.78 bits per heavy atom. The van der Waals surface area contributed by atoms with Crippen molar-refractivity contribution in [2.45, 2.75) is 40.0 Å². The average molecular weight is 239 g/mol. The topological polar surface area (TPSA) is 12.9 Å². The number of nitrogens with zero attached hydrogens (tertiary/aromatic N) is 1. The van der Waals surface area contributed by atoms with E-state index in [1.54, 1.807) is 0 Å². The predicted molar refractivity (Wildman–Crippen MR) is 77.9 cm³/mol. The molecule has 0 radical (unpaired) electrons. The number of pyridine rings is 1. The Kier molecular flexibility index (Phi) is 3.81. The van der Waals surface area contributed by atoms with Gasteiger partial charge in [0.05, 0.1) is 5.69 Å². The molecule has 1 unspecified atom stereocenters. The van der Waals surface area contributed by atoms with Crippen molar-refractivity contribution >= 4 is 0 Å². The van der Waals surface area contributed by atoms with Crippen LogP contribution >= 0.6 is 0 Å². The zero-order valence-electron chi connectivity index (χ0n) is 11.7. The molecule has 0 aliphatic heterocycles. The molecular formula is C17H21N. The number of hydrogen-bond acceptors (Lipinski definition) is 1. The minimum absolute atomic E-state index is 0.572. The Balaban J connectivity index is 2.58. The highest BCUT2D eigenvalue weighted by Gasteiger charge is 2.11. The van der Waals surface area contributed by atoms with Gasteiger partial charge in [-0.25, -0.2) is 0 Å². The summed E-state index contributed by atoms with van der Waals surface area (Å²) in [6, 6.07) is 10.9. The van der Waals surface area contributed by atoms with Crippen molar-refractivity contribution < 1.29 is 0 Å².